The van der Waals surface area contributed by atoms with Crippen molar-refractivity contribution >= 4 is 23.0 Å². The van der Waals surface area contributed by atoms with Gasteiger partial charge in [0.25, 0.3) is 0 Å². The zero-order valence-corrected chi connectivity index (χ0v) is 12.1. The van der Waals surface area contributed by atoms with Gasteiger partial charge in [-0.3, -0.25) is 0 Å². The summed E-state index contributed by atoms with van der Waals surface area (Å²) in [5.41, 5.74) is 1.91. The summed E-state index contributed by atoms with van der Waals surface area (Å²) in [4.78, 5) is 23.7. The maximum absolute atomic E-state index is 12.3. The molecular formula is C16H14N4O3. The van der Waals surface area contributed by atoms with Crippen LogP contribution in [0.5, 0.6) is 0 Å². The van der Waals surface area contributed by atoms with E-state index >= 15 is 0 Å². The first-order valence-electron chi connectivity index (χ1n) is 7.03. The van der Waals surface area contributed by atoms with Gasteiger partial charge in [-0.1, -0.05) is 47.7 Å². The monoisotopic (exact) mass is 310 g/mol. The number of aliphatic carboxylic acids is 1. The number of carboxylic acids is 1. The summed E-state index contributed by atoms with van der Waals surface area (Å²) in [6, 6.07) is 14.4. The molecule has 0 aliphatic heterocycles. The lowest BCUT2D eigenvalue weighted by Gasteiger charge is -2.14. The number of nitrogens with one attached hydrogen (secondary N) is 1. The number of hydrogen-bond donors (Lipinski definition) is 2. The zero-order valence-electron chi connectivity index (χ0n) is 12.1. The minimum atomic E-state index is -1.10. The molecule has 0 radical (unpaired) electrons. The van der Waals surface area contributed by atoms with E-state index in [1.807, 2.05) is 30.3 Å². The highest BCUT2D eigenvalue weighted by atomic mass is 16.4. The molecule has 0 saturated heterocycles. The van der Waals surface area contributed by atoms with Gasteiger partial charge in [-0.15, -0.1) is 5.10 Å². The van der Waals surface area contributed by atoms with E-state index in [1.54, 1.807) is 24.3 Å². The van der Waals surface area contributed by atoms with Crippen molar-refractivity contribution in [1.29, 1.82) is 0 Å². The molecule has 0 bridgehead atoms. The first kappa shape index (κ1) is 14.7. The number of aromatic nitrogens is 3. The van der Waals surface area contributed by atoms with Crippen LogP contribution in [0.25, 0.3) is 11.0 Å². The topological polar surface area (TPSA) is 97.1 Å². The number of para-hydroxylation sites is 1. The van der Waals surface area contributed by atoms with E-state index in [9.17, 15) is 14.7 Å². The fraction of sp³-hybridized carbons (Fsp3) is 0.125. The lowest BCUT2D eigenvalue weighted by Crippen LogP contribution is -2.44. The average molecular weight is 310 g/mol. The molecule has 23 heavy (non-hydrogen) atoms. The van der Waals surface area contributed by atoms with Gasteiger partial charge < -0.3 is 10.4 Å². The lowest BCUT2D eigenvalue weighted by molar-refractivity contribution is -0.139. The molecular weight excluding hydrogens is 296 g/mol. The standard InChI is InChI=1S/C16H14N4O3/c21-15(22)13(10-11-6-2-1-3-7-11)17-16(23)20-14-9-5-4-8-12(14)18-19-20/h1-9,13H,10H2,(H,17,23)(H,21,22)/t13-/m0/s1. The highest BCUT2D eigenvalue weighted by Gasteiger charge is 2.22. The number of carbonyl (C=O) groups is 2. The summed E-state index contributed by atoms with van der Waals surface area (Å²) < 4.78 is 1.07. The van der Waals surface area contributed by atoms with Crippen LogP contribution in [0.2, 0.25) is 0 Å². The predicted molar refractivity (Wildman–Crippen MR) is 83.0 cm³/mol. The Morgan fingerprint density at radius 1 is 1.09 bits per heavy atom. The largest absolute Gasteiger partial charge is 0.480 e. The second kappa shape index (κ2) is 6.27. The molecule has 2 aromatic carbocycles. The van der Waals surface area contributed by atoms with E-state index in [1.165, 1.54) is 0 Å². The van der Waals surface area contributed by atoms with Crippen molar-refractivity contribution in [1.82, 2.24) is 20.3 Å². The van der Waals surface area contributed by atoms with Gasteiger partial charge in [0.15, 0.2) is 0 Å². The molecule has 7 heteroatoms. The average Bonchev–Trinajstić information content (AvgIpc) is 2.99. The van der Waals surface area contributed by atoms with Gasteiger partial charge >= 0.3 is 12.0 Å². The summed E-state index contributed by atoms with van der Waals surface area (Å²) >= 11 is 0. The van der Waals surface area contributed by atoms with Crippen LogP contribution in [0.3, 0.4) is 0 Å². The number of rotatable bonds is 4. The van der Waals surface area contributed by atoms with Crippen LogP contribution >= 0.6 is 0 Å². The van der Waals surface area contributed by atoms with Crippen molar-refractivity contribution in [3.63, 3.8) is 0 Å². The maximum Gasteiger partial charge on any atom is 0.344 e. The minimum absolute atomic E-state index is 0.189. The van der Waals surface area contributed by atoms with Crippen LogP contribution in [-0.4, -0.2) is 38.1 Å². The highest BCUT2D eigenvalue weighted by Crippen LogP contribution is 2.10. The fourth-order valence-electron chi connectivity index (χ4n) is 2.28. The number of carbonyl (C=O) groups excluding carboxylic acids is 1. The Kier molecular flexibility index (Phi) is 4.01. The normalized spacial score (nSPS) is 12.0. The smallest absolute Gasteiger partial charge is 0.344 e. The van der Waals surface area contributed by atoms with Gasteiger partial charge in [0.2, 0.25) is 0 Å². The predicted octanol–water partition coefficient (Wildman–Crippen LogP) is 1.68. The quantitative estimate of drug-likeness (QED) is 0.764. The Morgan fingerprint density at radius 3 is 2.52 bits per heavy atom. The summed E-state index contributed by atoms with van der Waals surface area (Å²) in [7, 11) is 0. The van der Waals surface area contributed by atoms with Gasteiger partial charge in [-0.2, -0.15) is 4.68 Å². The lowest BCUT2D eigenvalue weighted by atomic mass is 10.1. The Balaban J connectivity index is 1.80. The second-order valence-electron chi connectivity index (χ2n) is 5.02. The van der Waals surface area contributed by atoms with Gasteiger partial charge in [0, 0.05) is 6.42 Å². The molecule has 7 nitrogen and oxygen atoms in total. The summed E-state index contributed by atoms with van der Waals surface area (Å²) in [6.07, 6.45) is 0.189. The molecule has 2 N–H and O–H groups in total. The van der Waals surface area contributed by atoms with Crippen molar-refractivity contribution in [3.05, 3.63) is 60.2 Å². The van der Waals surface area contributed by atoms with Crippen molar-refractivity contribution in [2.45, 2.75) is 12.5 Å². The molecule has 0 aliphatic rings. The van der Waals surface area contributed by atoms with Gasteiger partial charge in [-0.05, 0) is 17.7 Å². The number of hydrogen-bond acceptors (Lipinski definition) is 4. The first-order valence-corrected chi connectivity index (χ1v) is 7.03. The highest BCUT2D eigenvalue weighted by molar-refractivity contribution is 5.90. The molecule has 1 amide bonds. The Morgan fingerprint density at radius 2 is 1.78 bits per heavy atom. The van der Waals surface area contributed by atoms with Crippen LogP contribution < -0.4 is 5.32 Å². The number of nitrogens with zero attached hydrogens (tertiary/aromatic N) is 3. The molecule has 1 atom stereocenters. The molecule has 0 saturated carbocycles. The third-order valence-electron chi connectivity index (χ3n) is 3.42. The Bertz CT molecular complexity index is 845. The van der Waals surface area contributed by atoms with E-state index in [2.05, 4.69) is 15.6 Å². The Labute approximate surface area is 131 Å². The number of amides is 1. The molecule has 0 unspecified atom stereocenters. The van der Waals surface area contributed by atoms with Crippen LogP contribution in [0.1, 0.15) is 5.56 Å². The summed E-state index contributed by atoms with van der Waals surface area (Å²) in [5.74, 6) is -1.10. The van der Waals surface area contributed by atoms with E-state index in [4.69, 9.17) is 0 Å². The fourth-order valence-corrected chi connectivity index (χ4v) is 2.28. The third-order valence-corrected chi connectivity index (χ3v) is 3.42. The maximum atomic E-state index is 12.3. The number of benzene rings is 2. The van der Waals surface area contributed by atoms with Crippen LogP contribution in [0, 0.1) is 0 Å². The van der Waals surface area contributed by atoms with E-state index in [-0.39, 0.29) is 6.42 Å². The molecule has 1 heterocycles. The molecule has 0 spiro atoms. The van der Waals surface area contributed by atoms with Gasteiger partial charge in [0.1, 0.15) is 11.6 Å². The van der Waals surface area contributed by atoms with E-state index in [0.717, 1.165) is 10.2 Å². The Hall–Kier alpha value is -3.22. The summed E-state index contributed by atoms with van der Waals surface area (Å²) in [6.45, 7) is 0. The molecule has 0 fully saturated rings. The van der Waals surface area contributed by atoms with Crippen LogP contribution in [0.4, 0.5) is 4.79 Å². The minimum Gasteiger partial charge on any atom is -0.480 e. The molecule has 116 valence electrons. The molecule has 3 aromatic rings. The van der Waals surface area contributed by atoms with Gasteiger partial charge in [0.05, 0.1) is 5.52 Å². The van der Waals surface area contributed by atoms with Crippen molar-refractivity contribution in [2.24, 2.45) is 0 Å². The second-order valence-corrected chi connectivity index (χ2v) is 5.02. The first-order chi connectivity index (χ1) is 11.1. The SMILES string of the molecule is O=C(O)[C@H](Cc1ccccc1)NC(=O)n1nnc2ccccc21. The summed E-state index contributed by atoms with van der Waals surface area (Å²) in [5, 5.41) is 19.5. The van der Waals surface area contributed by atoms with Crippen molar-refractivity contribution < 1.29 is 14.7 Å². The zero-order chi connectivity index (χ0) is 16.2. The van der Waals surface area contributed by atoms with Crippen molar-refractivity contribution in [3.8, 4) is 0 Å². The van der Waals surface area contributed by atoms with Crippen LogP contribution in [0.15, 0.2) is 54.6 Å². The molecule has 3 rings (SSSR count). The molecule has 0 aliphatic carbocycles. The van der Waals surface area contributed by atoms with E-state index < -0.39 is 18.0 Å². The number of fused-ring (bicyclic) bond motifs is 1. The van der Waals surface area contributed by atoms with Crippen LogP contribution in [-0.2, 0) is 11.2 Å². The van der Waals surface area contributed by atoms with E-state index in [0.29, 0.717) is 11.0 Å². The molecule has 1 aromatic heterocycles. The third kappa shape index (κ3) is 3.18. The number of carboxylic acid groups (broad SMARTS) is 1. The van der Waals surface area contributed by atoms with Crippen molar-refractivity contribution in [2.75, 3.05) is 0 Å². The van der Waals surface area contributed by atoms with Gasteiger partial charge in [-0.25, -0.2) is 9.59 Å².